The van der Waals surface area contributed by atoms with Crippen molar-refractivity contribution in [1.29, 1.82) is 0 Å². The highest BCUT2D eigenvalue weighted by Gasteiger charge is 2.59. The Morgan fingerprint density at radius 3 is 2.71 bits per heavy atom. The van der Waals surface area contributed by atoms with E-state index in [4.69, 9.17) is 0 Å². The summed E-state index contributed by atoms with van der Waals surface area (Å²) in [6.07, 6.45) is 13.5. The van der Waals surface area contributed by atoms with E-state index in [-0.39, 0.29) is 16.6 Å². The van der Waals surface area contributed by atoms with Crippen molar-refractivity contribution in [2.45, 2.75) is 65.7 Å². The molecule has 4 rings (SSSR count). The Hall–Kier alpha value is -1.18. The molecule has 3 fully saturated rings. The van der Waals surface area contributed by atoms with Gasteiger partial charge in [-0.1, -0.05) is 38.8 Å². The molecular formula is C22H30O2. The summed E-state index contributed by atoms with van der Waals surface area (Å²) in [4.78, 5) is 24.6. The number of rotatable bonds is 2. The maximum absolute atomic E-state index is 12.5. The van der Waals surface area contributed by atoms with E-state index in [1.54, 1.807) is 6.08 Å². The predicted molar refractivity (Wildman–Crippen MR) is 95.4 cm³/mol. The van der Waals surface area contributed by atoms with E-state index in [1.165, 1.54) is 18.4 Å². The molecule has 0 aromatic heterocycles. The molecule has 130 valence electrons. The minimum Gasteiger partial charge on any atom is -0.299 e. The third kappa shape index (κ3) is 2.07. The molecule has 0 aliphatic heterocycles. The molecule has 3 saturated carbocycles. The summed E-state index contributed by atoms with van der Waals surface area (Å²) in [6.45, 7) is 6.85. The number of carbonyl (C=O) groups excluding carboxylic acids is 2. The third-order valence-electron chi connectivity index (χ3n) is 8.06. The van der Waals surface area contributed by atoms with Crippen LogP contribution in [0, 0.1) is 34.5 Å². The van der Waals surface area contributed by atoms with E-state index in [0.29, 0.717) is 29.5 Å². The van der Waals surface area contributed by atoms with Crippen LogP contribution < -0.4 is 0 Å². The first-order chi connectivity index (χ1) is 11.4. The van der Waals surface area contributed by atoms with Crippen LogP contribution in [-0.4, -0.2) is 11.6 Å². The summed E-state index contributed by atoms with van der Waals surface area (Å²) >= 11 is 0. The normalized spacial score (nSPS) is 47.0. The quantitative estimate of drug-likeness (QED) is 0.724. The number of allylic oxidation sites excluding steroid dienone is 4. The molecule has 0 saturated heterocycles. The minimum absolute atomic E-state index is 0.0314. The van der Waals surface area contributed by atoms with Crippen LogP contribution >= 0.6 is 0 Å². The van der Waals surface area contributed by atoms with Gasteiger partial charge in [-0.3, -0.25) is 9.59 Å². The van der Waals surface area contributed by atoms with Crippen molar-refractivity contribution in [1.82, 2.24) is 0 Å². The average molecular weight is 326 g/mol. The van der Waals surface area contributed by atoms with Gasteiger partial charge in [0.05, 0.1) is 0 Å². The smallest absolute Gasteiger partial charge is 0.178 e. The lowest BCUT2D eigenvalue weighted by molar-refractivity contribution is -0.132. The van der Waals surface area contributed by atoms with Gasteiger partial charge >= 0.3 is 0 Å². The zero-order chi connectivity index (χ0) is 17.1. The van der Waals surface area contributed by atoms with Crippen molar-refractivity contribution in [3.05, 3.63) is 23.8 Å². The second-order valence-electron chi connectivity index (χ2n) is 9.13. The van der Waals surface area contributed by atoms with Crippen LogP contribution in [0.2, 0.25) is 0 Å². The summed E-state index contributed by atoms with van der Waals surface area (Å²) in [7, 11) is 0. The van der Waals surface area contributed by atoms with Crippen molar-refractivity contribution in [2.24, 2.45) is 34.5 Å². The first-order valence-electron chi connectivity index (χ1n) is 9.88. The molecule has 0 amide bonds. The maximum Gasteiger partial charge on any atom is 0.178 e. The molecule has 4 aliphatic carbocycles. The largest absolute Gasteiger partial charge is 0.299 e. The molecule has 0 heterocycles. The van der Waals surface area contributed by atoms with Gasteiger partial charge in [-0.2, -0.15) is 0 Å². The predicted octanol–water partition coefficient (Wildman–Crippen LogP) is 4.89. The maximum atomic E-state index is 12.5. The summed E-state index contributed by atoms with van der Waals surface area (Å²) < 4.78 is 0. The average Bonchev–Trinajstić information content (AvgIpc) is 2.85. The molecule has 0 aromatic carbocycles. The van der Waals surface area contributed by atoms with Crippen LogP contribution in [0.1, 0.15) is 65.7 Å². The highest BCUT2D eigenvalue weighted by atomic mass is 16.1. The van der Waals surface area contributed by atoms with Gasteiger partial charge in [-0.15, -0.1) is 0 Å². The SMILES string of the molecule is CCC[C@H]1CC2C(CCC3(C)C(=O)CCC23)C2(C)C=CC(=O)C=C12. The lowest BCUT2D eigenvalue weighted by atomic mass is 9.46. The monoisotopic (exact) mass is 326 g/mol. The van der Waals surface area contributed by atoms with Gasteiger partial charge in [-0.05, 0) is 67.9 Å². The van der Waals surface area contributed by atoms with Gasteiger partial charge in [0.1, 0.15) is 5.78 Å². The Kier molecular flexibility index (Phi) is 3.67. The number of hydrogen-bond donors (Lipinski definition) is 0. The number of ketones is 2. The summed E-state index contributed by atoms with van der Waals surface area (Å²) in [6, 6.07) is 0. The van der Waals surface area contributed by atoms with E-state index in [0.717, 1.165) is 32.1 Å². The van der Waals surface area contributed by atoms with Gasteiger partial charge in [0.2, 0.25) is 0 Å². The molecule has 5 unspecified atom stereocenters. The van der Waals surface area contributed by atoms with E-state index < -0.39 is 0 Å². The third-order valence-corrected chi connectivity index (χ3v) is 8.06. The summed E-state index contributed by atoms with van der Waals surface area (Å²) in [5.74, 6) is 3.01. The first kappa shape index (κ1) is 16.3. The van der Waals surface area contributed by atoms with Crippen LogP contribution in [0.15, 0.2) is 23.8 Å². The molecule has 6 atom stereocenters. The fourth-order valence-electron chi connectivity index (χ4n) is 6.81. The first-order valence-corrected chi connectivity index (χ1v) is 9.88. The lowest BCUT2D eigenvalue weighted by Crippen LogP contribution is -2.51. The molecule has 2 nitrogen and oxygen atoms in total. The molecule has 4 aliphatic rings. The zero-order valence-electron chi connectivity index (χ0n) is 15.3. The standard InChI is InChI=1S/C22H30O2/c1-4-5-14-12-16-17-6-7-20(24)22(17,3)11-9-18(16)21(2)10-8-15(23)13-19(14)21/h8,10,13-14,16-18H,4-7,9,11-12H2,1-3H3/t14-,16?,17?,18?,21?,22?/m0/s1. The van der Waals surface area contributed by atoms with Crippen LogP contribution in [-0.2, 0) is 9.59 Å². The van der Waals surface area contributed by atoms with Crippen LogP contribution in [0.5, 0.6) is 0 Å². The summed E-state index contributed by atoms with van der Waals surface area (Å²) in [5, 5.41) is 0. The molecule has 0 radical (unpaired) electrons. The van der Waals surface area contributed by atoms with Gasteiger partial charge in [0.25, 0.3) is 0 Å². The van der Waals surface area contributed by atoms with E-state index >= 15 is 0 Å². The van der Waals surface area contributed by atoms with E-state index in [1.807, 2.05) is 6.08 Å². The van der Waals surface area contributed by atoms with Crippen LogP contribution in [0.25, 0.3) is 0 Å². The summed E-state index contributed by atoms with van der Waals surface area (Å²) in [5.41, 5.74) is 1.36. The van der Waals surface area contributed by atoms with Gasteiger partial charge < -0.3 is 0 Å². The molecular weight excluding hydrogens is 296 g/mol. The topological polar surface area (TPSA) is 34.1 Å². The second-order valence-corrected chi connectivity index (χ2v) is 9.13. The highest BCUT2D eigenvalue weighted by Crippen LogP contribution is 2.65. The fraction of sp³-hybridized carbons (Fsp3) is 0.727. The number of hydrogen-bond acceptors (Lipinski definition) is 2. The van der Waals surface area contributed by atoms with Crippen LogP contribution in [0.4, 0.5) is 0 Å². The molecule has 24 heavy (non-hydrogen) atoms. The fourth-order valence-corrected chi connectivity index (χ4v) is 6.81. The Labute approximate surface area is 145 Å². The molecule has 0 aromatic rings. The Morgan fingerprint density at radius 2 is 1.96 bits per heavy atom. The Balaban J connectivity index is 1.75. The van der Waals surface area contributed by atoms with Gasteiger partial charge in [0.15, 0.2) is 5.78 Å². The van der Waals surface area contributed by atoms with Gasteiger partial charge in [0, 0.05) is 17.3 Å². The van der Waals surface area contributed by atoms with Crippen molar-refractivity contribution in [2.75, 3.05) is 0 Å². The van der Waals surface area contributed by atoms with Crippen molar-refractivity contribution in [3.8, 4) is 0 Å². The molecule has 0 N–H and O–H groups in total. The van der Waals surface area contributed by atoms with Crippen LogP contribution in [0.3, 0.4) is 0 Å². The Morgan fingerprint density at radius 1 is 1.17 bits per heavy atom. The number of carbonyl (C=O) groups is 2. The lowest BCUT2D eigenvalue weighted by Gasteiger charge is -2.57. The second kappa shape index (κ2) is 5.41. The Bertz CT molecular complexity index is 642. The molecule has 0 spiro atoms. The molecule has 0 bridgehead atoms. The number of Topliss-reactive ketones (excluding diaryl/α,β-unsaturated/α-hetero) is 1. The number of fused-ring (bicyclic) bond motifs is 5. The highest BCUT2D eigenvalue weighted by molar-refractivity contribution is 6.01. The van der Waals surface area contributed by atoms with Crippen molar-refractivity contribution in [3.63, 3.8) is 0 Å². The van der Waals surface area contributed by atoms with Crippen molar-refractivity contribution < 1.29 is 9.59 Å². The van der Waals surface area contributed by atoms with E-state index in [2.05, 4.69) is 26.8 Å². The van der Waals surface area contributed by atoms with Gasteiger partial charge in [-0.25, -0.2) is 0 Å². The van der Waals surface area contributed by atoms with Crippen molar-refractivity contribution >= 4 is 11.6 Å². The van der Waals surface area contributed by atoms with E-state index in [9.17, 15) is 9.59 Å². The minimum atomic E-state index is -0.0658. The molecule has 2 heteroatoms. The zero-order valence-corrected chi connectivity index (χ0v) is 15.3.